The minimum atomic E-state index is -0.629. The Kier molecular flexibility index (Phi) is 8.04. The molecule has 0 aliphatic carbocycles. The monoisotopic (exact) mass is 338 g/mol. The second kappa shape index (κ2) is 9.01. The van der Waals surface area contributed by atoms with Crippen LogP contribution in [0.4, 0.5) is 0 Å². The van der Waals surface area contributed by atoms with Crippen molar-refractivity contribution in [3.63, 3.8) is 0 Å². The molecule has 1 aromatic rings. The van der Waals surface area contributed by atoms with E-state index in [1.165, 1.54) is 10.4 Å². The first-order chi connectivity index (χ1) is 10.4. The Bertz CT molecular complexity index is 382. The maximum absolute atomic E-state index is 6.22. The third kappa shape index (κ3) is 5.99. The fourth-order valence-corrected chi connectivity index (χ4v) is 4.86. The van der Waals surface area contributed by atoms with Gasteiger partial charge in [-0.1, -0.05) is 52.0 Å². The summed E-state index contributed by atoms with van der Waals surface area (Å²) < 4.78 is 12.4. The van der Waals surface area contributed by atoms with E-state index < -0.39 is 19.5 Å². The summed E-state index contributed by atoms with van der Waals surface area (Å²) in [4.78, 5) is 0. The Morgan fingerprint density at radius 2 is 0.955 bits per heavy atom. The van der Waals surface area contributed by atoms with Gasteiger partial charge in [-0.15, -0.1) is 0 Å². The molecule has 4 heteroatoms. The van der Waals surface area contributed by atoms with Crippen molar-refractivity contribution in [2.75, 3.05) is 0 Å². The number of benzene rings is 1. The van der Waals surface area contributed by atoms with Crippen molar-refractivity contribution >= 4 is 29.9 Å². The first kappa shape index (κ1) is 19.6. The van der Waals surface area contributed by atoms with Gasteiger partial charge in [-0.3, -0.25) is 0 Å². The second-order valence-corrected chi connectivity index (χ2v) is 9.50. The summed E-state index contributed by atoms with van der Waals surface area (Å²) in [5.41, 5.74) is 0.125. The van der Waals surface area contributed by atoms with Gasteiger partial charge in [-0.25, -0.2) is 0 Å². The fourth-order valence-electron chi connectivity index (χ4n) is 2.16. The molecule has 0 aliphatic rings. The van der Waals surface area contributed by atoms with Crippen LogP contribution < -0.4 is 10.4 Å². The lowest BCUT2D eigenvalue weighted by atomic mass is 10.0. The van der Waals surface area contributed by atoms with Crippen LogP contribution in [0.15, 0.2) is 24.3 Å². The zero-order valence-corrected chi connectivity index (χ0v) is 18.2. The molecule has 0 unspecified atom stereocenters. The van der Waals surface area contributed by atoms with Gasteiger partial charge in [0.1, 0.15) is 0 Å². The summed E-state index contributed by atoms with van der Waals surface area (Å²) in [6.07, 6.45) is 4.34. The molecule has 0 amide bonds. The van der Waals surface area contributed by atoms with E-state index in [4.69, 9.17) is 8.85 Å². The van der Waals surface area contributed by atoms with Crippen molar-refractivity contribution < 1.29 is 8.85 Å². The molecular formula is C18H34O2Si2. The number of rotatable bonds is 10. The quantitative estimate of drug-likeness (QED) is 0.610. The minimum Gasteiger partial charge on any atom is -0.413 e. The largest absolute Gasteiger partial charge is 0.413 e. The van der Waals surface area contributed by atoms with Gasteiger partial charge in [0.2, 0.25) is 0 Å². The Hall–Kier alpha value is -0.426. The molecule has 22 heavy (non-hydrogen) atoms. The van der Waals surface area contributed by atoms with Gasteiger partial charge in [-0.2, -0.15) is 0 Å². The van der Waals surface area contributed by atoms with Gasteiger partial charge in [-0.05, 0) is 49.9 Å². The predicted octanol–water partition coefficient (Wildman–Crippen LogP) is 2.30. The molecule has 0 radical (unpaired) electrons. The molecule has 0 saturated carbocycles. The van der Waals surface area contributed by atoms with Gasteiger partial charge in [0.15, 0.2) is 19.5 Å². The summed E-state index contributed by atoms with van der Waals surface area (Å²) in [7, 11) is -1.26. The highest BCUT2D eigenvalue weighted by atomic mass is 28.2. The van der Waals surface area contributed by atoms with Crippen LogP contribution in [0.3, 0.4) is 0 Å². The van der Waals surface area contributed by atoms with Gasteiger partial charge in [0.05, 0.1) is 11.2 Å². The van der Waals surface area contributed by atoms with Crippen LogP contribution in [0, 0.1) is 0 Å². The number of hydrogen-bond acceptors (Lipinski definition) is 2. The van der Waals surface area contributed by atoms with E-state index >= 15 is 0 Å². The lowest BCUT2D eigenvalue weighted by molar-refractivity contribution is 0.0877. The van der Waals surface area contributed by atoms with Crippen molar-refractivity contribution in [3.05, 3.63) is 24.3 Å². The summed E-state index contributed by atoms with van der Waals surface area (Å²) in [6.45, 7) is 13.3. The summed E-state index contributed by atoms with van der Waals surface area (Å²) in [6, 6.07) is 9.00. The normalized spacial score (nSPS) is 13.7. The molecule has 0 saturated heterocycles. The van der Waals surface area contributed by atoms with Gasteiger partial charge < -0.3 is 8.85 Å². The summed E-state index contributed by atoms with van der Waals surface area (Å²) >= 11 is 0. The Morgan fingerprint density at radius 3 is 1.18 bits per heavy atom. The van der Waals surface area contributed by atoms with Crippen molar-refractivity contribution in [2.45, 2.75) is 78.4 Å². The third-order valence-corrected chi connectivity index (χ3v) is 8.48. The van der Waals surface area contributed by atoms with Gasteiger partial charge >= 0.3 is 0 Å². The lowest BCUT2D eigenvalue weighted by Gasteiger charge is -2.28. The molecule has 0 atom stereocenters. The van der Waals surface area contributed by atoms with Crippen molar-refractivity contribution in [3.8, 4) is 0 Å². The van der Waals surface area contributed by atoms with E-state index in [1.54, 1.807) is 0 Å². The third-order valence-electron chi connectivity index (χ3n) is 5.19. The maximum atomic E-state index is 6.22. The van der Waals surface area contributed by atoms with Crippen LogP contribution in [0.5, 0.6) is 0 Å². The van der Waals surface area contributed by atoms with Crippen LogP contribution in [0.2, 0.25) is 0 Å². The summed E-state index contributed by atoms with van der Waals surface area (Å²) in [5, 5.41) is 2.78. The number of hydrogen-bond donors (Lipinski definition) is 0. The first-order valence-electron chi connectivity index (χ1n) is 8.76. The van der Waals surface area contributed by atoms with Crippen LogP contribution in [-0.2, 0) is 8.85 Å². The second-order valence-electron chi connectivity index (χ2n) is 6.71. The minimum absolute atomic E-state index is 0.0623. The highest BCUT2D eigenvalue weighted by Crippen LogP contribution is 2.19. The molecule has 2 nitrogen and oxygen atoms in total. The zero-order chi connectivity index (χ0) is 16.6. The molecule has 0 spiro atoms. The van der Waals surface area contributed by atoms with Crippen LogP contribution >= 0.6 is 0 Å². The molecule has 0 fully saturated rings. The molecule has 0 N–H and O–H groups in total. The molecule has 0 aliphatic heterocycles. The first-order valence-corrected chi connectivity index (χ1v) is 11.3. The molecule has 126 valence electrons. The maximum Gasteiger partial charge on any atom is 0.193 e. The van der Waals surface area contributed by atoms with E-state index in [0.717, 1.165) is 25.7 Å². The smallest absolute Gasteiger partial charge is 0.193 e. The summed E-state index contributed by atoms with van der Waals surface area (Å²) in [5.74, 6) is 0. The van der Waals surface area contributed by atoms with E-state index in [1.807, 2.05) is 0 Å². The lowest BCUT2D eigenvalue weighted by Crippen LogP contribution is -2.35. The fraction of sp³-hybridized carbons (Fsp3) is 0.667. The van der Waals surface area contributed by atoms with Crippen molar-refractivity contribution in [2.24, 2.45) is 0 Å². The molecule has 0 bridgehead atoms. The van der Waals surface area contributed by atoms with Crippen LogP contribution in [0.25, 0.3) is 0 Å². The molecular weight excluding hydrogens is 304 g/mol. The van der Waals surface area contributed by atoms with E-state index in [-0.39, 0.29) is 11.2 Å². The average Bonchev–Trinajstić information content (AvgIpc) is 2.58. The highest BCUT2D eigenvalue weighted by molar-refractivity contribution is 6.49. The van der Waals surface area contributed by atoms with E-state index in [0.29, 0.717) is 0 Å². The van der Waals surface area contributed by atoms with Crippen molar-refractivity contribution in [1.29, 1.82) is 0 Å². The van der Waals surface area contributed by atoms with Gasteiger partial charge in [0, 0.05) is 0 Å². The Morgan fingerprint density at radius 1 is 0.682 bits per heavy atom. The average molecular weight is 339 g/mol. The van der Waals surface area contributed by atoms with E-state index in [9.17, 15) is 0 Å². The highest BCUT2D eigenvalue weighted by Gasteiger charge is 2.20. The Labute approximate surface area is 141 Å². The van der Waals surface area contributed by atoms with Gasteiger partial charge in [0.25, 0.3) is 0 Å². The van der Waals surface area contributed by atoms with Crippen LogP contribution in [0.1, 0.15) is 67.2 Å². The topological polar surface area (TPSA) is 18.5 Å². The molecule has 0 aromatic heterocycles. The van der Waals surface area contributed by atoms with E-state index in [2.05, 4.69) is 65.8 Å². The predicted molar refractivity (Wildman–Crippen MR) is 103 cm³/mol. The molecule has 1 rings (SSSR count). The molecule has 0 heterocycles. The van der Waals surface area contributed by atoms with Crippen LogP contribution in [-0.4, -0.2) is 30.7 Å². The zero-order valence-electron chi connectivity index (χ0n) is 15.4. The Balaban J connectivity index is 2.53. The standard InChI is InChI=1S/C18H34O2Si2/c1-7-17(5,8-2)19-21-15-11-13-16(14-12-15)22-20-18(6,9-3)10-4/h11-14H,7-10,21-22H2,1-6H3. The SMILES string of the molecule is CCC(C)(CC)O[SiH2]c1ccc([SiH2]OC(C)(CC)CC)cc1. The molecule has 1 aromatic carbocycles. The van der Waals surface area contributed by atoms with Crippen molar-refractivity contribution in [1.82, 2.24) is 0 Å².